The van der Waals surface area contributed by atoms with E-state index in [1.807, 2.05) is 0 Å². The quantitative estimate of drug-likeness (QED) is 0.499. The Hall–Kier alpha value is -3.33. The van der Waals surface area contributed by atoms with Gasteiger partial charge < -0.3 is 20.1 Å². The number of rotatable bonds is 9. The fraction of sp³-hybridized carbons (Fsp3) is 0.190. The van der Waals surface area contributed by atoms with Gasteiger partial charge in [-0.2, -0.15) is 0 Å². The number of halogens is 1. The van der Waals surface area contributed by atoms with Crippen LogP contribution in [0, 0.1) is 5.82 Å². The summed E-state index contributed by atoms with van der Waals surface area (Å²) >= 11 is 1.27. The van der Waals surface area contributed by atoms with Crippen LogP contribution in [0.4, 0.5) is 15.9 Å². The molecule has 1 aromatic heterocycles. The number of nitrogens with one attached hydrogen (secondary N) is 2. The van der Waals surface area contributed by atoms with Crippen molar-refractivity contribution in [2.75, 3.05) is 30.6 Å². The number of hydrogen-bond donors (Lipinski definition) is 2. The molecule has 30 heavy (non-hydrogen) atoms. The molecule has 0 aliphatic carbocycles. The second-order valence-electron chi connectivity index (χ2n) is 6.18. The Balaban J connectivity index is 1.48. The number of carbonyl (C=O) groups excluding carboxylic acids is 1. The number of methoxy groups -OCH3 is 2. The van der Waals surface area contributed by atoms with Crippen LogP contribution in [0.1, 0.15) is 5.56 Å². The summed E-state index contributed by atoms with van der Waals surface area (Å²) in [6.45, 7) is 0.508. The summed E-state index contributed by atoms with van der Waals surface area (Å²) in [6.07, 6.45) is 0. The van der Waals surface area contributed by atoms with E-state index in [1.165, 1.54) is 23.9 Å². The smallest absolute Gasteiger partial charge is 0.234 e. The fourth-order valence-corrected chi connectivity index (χ4v) is 3.12. The molecule has 0 aliphatic rings. The van der Waals surface area contributed by atoms with Crippen molar-refractivity contribution in [1.29, 1.82) is 0 Å². The summed E-state index contributed by atoms with van der Waals surface area (Å²) in [4.78, 5) is 12.2. The summed E-state index contributed by atoms with van der Waals surface area (Å²) < 4.78 is 23.3. The summed E-state index contributed by atoms with van der Waals surface area (Å²) in [5.74, 6) is 1.50. The SMILES string of the molecule is COc1cc(NC(=O)CSc2ccc(NCc3ccc(F)cc3)nn2)cc(OC)c1. The summed E-state index contributed by atoms with van der Waals surface area (Å²) in [5.41, 5.74) is 1.52. The van der Waals surface area contributed by atoms with E-state index in [0.717, 1.165) is 5.56 Å². The first-order valence-corrected chi connectivity index (χ1v) is 10.0. The number of amides is 1. The average molecular weight is 428 g/mol. The number of hydrogen-bond acceptors (Lipinski definition) is 7. The second-order valence-corrected chi connectivity index (χ2v) is 7.17. The monoisotopic (exact) mass is 428 g/mol. The zero-order valence-corrected chi connectivity index (χ0v) is 17.3. The zero-order chi connectivity index (χ0) is 21.3. The third-order valence-corrected chi connectivity index (χ3v) is 4.93. The standard InChI is InChI=1S/C21H21FN4O3S/c1-28-17-9-16(10-18(11-17)29-2)24-20(27)13-30-21-8-7-19(25-26-21)23-12-14-3-5-15(22)6-4-14/h3-11H,12-13H2,1-2H3,(H,23,25)(H,24,27). The molecule has 0 atom stereocenters. The first kappa shape index (κ1) is 21.4. The van der Waals surface area contributed by atoms with Crippen LogP contribution >= 0.6 is 11.8 Å². The summed E-state index contributed by atoms with van der Waals surface area (Å²) in [7, 11) is 3.10. The van der Waals surface area contributed by atoms with Crippen LogP contribution in [-0.4, -0.2) is 36.1 Å². The molecule has 0 fully saturated rings. The Bertz CT molecular complexity index is 962. The third kappa shape index (κ3) is 6.35. The van der Waals surface area contributed by atoms with E-state index in [0.29, 0.717) is 34.6 Å². The molecule has 1 heterocycles. The zero-order valence-electron chi connectivity index (χ0n) is 16.5. The van der Waals surface area contributed by atoms with Gasteiger partial charge in [0.05, 0.1) is 20.0 Å². The minimum absolute atomic E-state index is 0.177. The van der Waals surface area contributed by atoms with Crippen molar-refractivity contribution in [3.8, 4) is 11.5 Å². The number of benzene rings is 2. The van der Waals surface area contributed by atoms with E-state index in [2.05, 4.69) is 20.8 Å². The van der Waals surface area contributed by atoms with E-state index in [9.17, 15) is 9.18 Å². The maximum absolute atomic E-state index is 12.9. The Kier molecular flexibility index (Phi) is 7.45. The van der Waals surface area contributed by atoms with Crippen molar-refractivity contribution in [3.05, 3.63) is 66.0 Å². The Labute approximate surface area is 178 Å². The largest absolute Gasteiger partial charge is 0.497 e. The lowest BCUT2D eigenvalue weighted by atomic mass is 10.2. The Morgan fingerprint density at radius 2 is 1.70 bits per heavy atom. The van der Waals surface area contributed by atoms with Gasteiger partial charge in [0, 0.05) is 30.4 Å². The fourth-order valence-electron chi connectivity index (χ4n) is 2.50. The van der Waals surface area contributed by atoms with Crippen molar-refractivity contribution in [2.24, 2.45) is 0 Å². The molecule has 0 saturated heterocycles. The predicted molar refractivity (Wildman–Crippen MR) is 115 cm³/mol. The van der Waals surface area contributed by atoms with Crippen molar-refractivity contribution < 1.29 is 18.7 Å². The molecule has 0 radical (unpaired) electrons. The molecular weight excluding hydrogens is 407 g/mol. The van der Waals surface area contributed by atoms with Gasteiger partial charge in [0.15, 0.2) is 0 Å². The van der Waals surface area contributed by atoms with Gasteiger partial charge in [-0.25, -0.2) is 4.39 Å². The van der Waals surface area contributed by atoms with Crippen LogP contribution < -0.4 is 20.1 Å². The van der Waals surface area contributed by atoms with E-state index in [4.69, 9.17) is 9.47 Å². The molecule has 0 spiro atoms. The maximum atomic E-state index is 12.9. The first-order valence-electron chi connectivity index (χ1n) is 9.03. The lowest BCUT2D eigenvalue weighted by Crippen LogP contribution is -2.14. The number of carbonyl (C=O) groups is 1. The molecule has 156 valence electrons. The lowest BCUT2D eigenvalue weighted by Gasteiger charge is -2.10. The highest BCUT2D eigenvalue weighted by Gasteiger charge is 2.08. The minimum atomic E-state index is -0.269. The topological polar surface area (TPSA) is 85.4 Å². The third-order valence-electron chi connectivity index (χ3n) is 4.01. The molecule has 0 aliphatic heterocycles. The molecule has 2 N–H and O–H groups in total. The van der Waals surface area contributed by atoms with Crippen molar-refractivity contribution in [1.82, 2.24) is 10.2 Å². The van der Waals surface area contributed by atoms with Gasteiger partial charge in [-0.1, -0.05) is 23.9 Å². The van der Waals surface area contributed by atoms with Crippen molar-refractivity contribution in [2.45, 2.75) is 11.6 Å². The molecular formula is C21H21FN4O3S. The number of ether oxygens (including phenoxy) is 2. The van der Waals surface area contributed by atoms with Crippen LogP contribution in [0.2, 0.25) is 0 Å². The summed E-state index contributed by atoms with van der Waals surface area (Å²) in [5, 5.41) is 14.8. The van der Waals surface area contributed by atoms with Crippen LogP contribution in [0.5, 0.6) is 11.5 Å². The van der Waals surface area contributed by atoms with Gasteiger partial charge in [0.25, 0.3) is 0 Å². The van der Waals surface area contributed by atoms with E-state index >= 15 is 0 Å². The molecule has 0 saturated carbocycles. The highest BCUT2D eigenvalue weighted by molar-refractivity contribution is 7.99. The molecule has 0 unspecified atom stereocenters. The molecule has 3 aromatic rings. The Morgan fingerprint density at radius 1 is 1.00 bits per heavy atom. The van der Waals surface area contributed by atoms with Crippen LogP contribution in [0.15, 0.2) is 59.6 Å². The highest BCUT2D eigenvalue weighted by atomic mass is 32.2. The second kappa shape index (κ2) is 10.4. The number of aromatic nitrogens is 2. The van der Waals surface area contributed by atoms with E-state index < -0.39 is 0 Å². The number of thioether (sulfide) groups is 1. The molecule has 3 rings (SSSR count). The predicted octanol–water partition coefficient (Wildman–Crippen LogP) is 3.98. The minimum Gasteiger partial charge on any atom is -0.497 e. The first-order chi connectivity index (χ1) is 14.6. The van der Waals surface area contributed by atoms with Gasteiger partial charge in [-0.3, -0.25) is 4.79 Å². The number of anilines is 2. The Morgan fingerprint density at radius 3 is 2.30 bits per heavy atom. The van der Waals surface area contributed by atoms with Gasteiger partial charge in [0.1, 0.15) is 28.2 Å². The van der Waals surface area contributed by atoms with Gasteiger partial charge in [-0.15, -0.1) is 10.2 Å². The normalized spacial score (nSPS) is 10.4. The molecule has 7 nitrogen and oxygen atoms in total. The number of nitrogens with zero attached hydrogens (tertiary/aromatic N) is 2. The molecule has 0 bridgehead atoms. The van der Waals surface area contributed by atoms with E-state index in [-0.39, 0.29) is 17.5 Å². The van der Waals surface area contributed by atoms with Crippen molar-refractivity contribution in [3.63, 3.8) is 0 Å². The molecule has 2 aromatic carbocycles. The maximum Gasteiger partial charge on any atom is 0.234 e. The lowest BCUT2D eigenvalue weighted by molar-refractivity contribution is -0.113. The molecule has 9 heteroatoms. The average Bonchev–Trinajstić information content (AvgIpc) is 2.77. The van der Waals surface area contributed by atoms with Crippen LogP contribution in [0.3, 0.4) is 0 Å². The van der Waals surface area contributed by atoms with Gasteiger partial charge >= 0.3 is 0 Å². The van der Waals surface area contributed by atoms with Crippen molar-refractivity contribution >= 4 is 29.2 Å². The van der Waals surface area contributed by atoms with Crippen LogP contribution in [0.25, 0.3) is 0 Å². The van der Waals surface area contributed by atoms with E-state index in [1.54, 1.807) is 56.7 Å². The highest BCUT2D eigenvalue weighted by Crippen LogP contribution is 2.26. The summed E-state index contributed by atoms with van der Waals surface area (Å²) in [6, 6.07) is 15.0. The molecule has 1 amide bonds. The van der Waals surface area contributed by atoms with Gasteiger partial charge in [-0.05, 0) is 29.8 Å². The van der Waals surface area contributed by atoms with Crippen LogP contribution in [-0.2, 0) is 11.3 Å². The van der Waals surface area contributed by atoms with Gasteiger partial charge in [0.2, 0.25) is 5.91 Å².